The van der Waals surface area contributed by atoms with Crippen molar-refractivity contribution in [3.8, 4) is 39.1 Å². The molecule has 0 atom stereocenters. The monoisotopic (exact) mass is 842 g/mol. The van der Waals surface area contributed by atoms with Crippen LogP contribution in [-0.2, 0) is 10.8 Å². The first-order valence-corrected chi connectivity index (χ1v) is 23.1. The molecule has 0 unspecified atom stereocenters. The summed E-state index contributed by atoms with van der Waals surface area (Å²) in [7, 11) is 0. The molecule has 2 aliphatic rings. The van der Waals surface area contributed by atoms with E-state index in [9.17, 15) is 0 Å². The smallest absolute Gasteiger partial charge is 0.0713 e. The highest BCUT2D eigenvalue weighted by molar-refractivity contribution is 6.11. The Morgan fingerprint density at radius 2 is 0.803 bits per heavy atom. The number of fused-ring (bicyclic) bond motifs is 9. The number of hydrogen-bond acceptors (Lipinski definition) is 1. The summed E-state index contributed by atoms with van der Waals surface area (Å²) in [6.07, 6.45) is 0. The van der Waals surface area contributed by atoms with Crippen molar-refractivity contribution in [3.63, 3.8) is 0 Å². The molecule has 0 spiro atoms. The van der Waals surface area contributed by atoms with Crippen LogP contribution in [0.2, 0.25) is 0 Å². The third kappa shape index (κ3) is 5.55. The quantitative estimate of drug-likeness (QED) is 0.155. The van der Waals surface area contributed by atoms with Gasteiger partial charge in [0.1, 0.15) is 0 Å². The highest BCUT2D eigenvalue weighted by atomic mass is 15.1. The van der Waals surface area contributed by atoms with Crippen molar-refractivity contribution in [3.05, 3.63) is 276 Å². The van der Waals surface area contributed by atoms with Crippen LogP contribution in [0.4, 0.5) is 17.1 Å². The Morgan fingerprint density at radius 3 is 1.47 bits per heavy atom. The van der Waals surface area contributed by atoms with Gasteiger partial charge in [0.2, 0.25) is 0 Å². The van der Waals surface area contributed by atoms with Crippen molar-refractivity contribution in [2.24, 2.45) is 0 Å². The highest BCUT2D eigenvalue weighted by Crippen LogP contribution is 2.57. The molecule has 2 heteroatoms. The molecule has 0 fully saturated rings. The van der Waals surface area contributed by atoms with E-state index in [0.717, 1.165) is 22.7 Å². The second kappa shape index (κ2) is 14.7. The van der Waals surface area contributed by atoms with E-state index in [1.54, 1.807) is 0 Å². The van der Waals surface area contributed by atoms with Crippen LogP contribution in [0.1, 0.15) is 47.2 Å². The fraction of sp³-hybridized carbons (Fsp3) is 0.0625. The summed E-state index contributed by atoms with van der Waals surface area (Å²) in [6, 6.07) is 90.1. The summed E-state index contributed by atoms with van der Waals surface area (Å²) in [5.41, 5.74) is 21.7. The highest BCUT2D eigenvalue weighted by Gasteiger charge is 2.46. The lowest BCUT2D eigenvalue weighted by Gasteiger charge is -2.34. The van der Waals surface area contributed by atoms with Gasteiger partial charge in [-0.1, -0.05) is 190 Å². The van der Waals surface area contributed by atoms with E-state index in [1.807, 2.05) is 0 Å². The van der Waals surface area contributed by atoms with E-state index in [1.165, 1.54) is 88.6 Å². The van der Waals surface area contributed by atoms with E-state index in [4.69, 9.17) is 0 Å². The molecule has 66 heavy (non-hydrogen) atoms. The average molecular weight is 843 g/mol. The first-order valence-electron chi connectivity index (χ1n) is 23.1. The van der Waals surface area contributed by atoms with Crippen LogP contribution in [0.3, 0.4) is 0 Å². The Labute approximate surface area is 386 Å². The lowest BCUT2D eigenvalue weighted by atomic mass is 9.67. The fourth-order valence-corrected chi connectivity index (χ4v) is 11.7. The maximum atomic E-state index is 2.50. The number of nitrogens with zero attached hydrogens (tertiary/aromatic N) is 2. The lowest BCUT2D eigenvalue weighted by Crippen LogP contribution is -2.28. The molecule has 0 N–H and O–H groups in total. The number of anilines is 3. The molecule has 2 aliphatic carbocycles. The minimum Gasteiger partial charge on any atom is -0.310 e. The van der Waals surface area contributed by atoms with Gasteiger partial charge in [-0.05, 0) is 133 Å². The van der Waals surface area contributed by atoms with E-state index < -0.39 is 5.41 Å². The van der Waals surface area contributed by atoms with Crippen LogP contribution >= 0.6 is 0 Å². The molecule has 1 aromatic heterocycles. The number of benzene rings is 10. The summed E-state index contributed by atoms with van der Waals surface area (Å²) in [5.74, 6) is 0. The van der Waals surface area contributed by atoms with Crippen LogP contribution in [0.25, 0.3) is 60.9 Å². The zero-order valence-electron chi connectivity index (χ0n) is 37.0. The molecule has 0 saturated heterocycles. The minimum absolute atomic E-state index is 0.0834. The van der Waals surface area contributed by atoms with Gasteiger partial charge < -0.3 is 9.47 Å². The maximum Gasteiger partial charge on any atom is 0.0713 e. The number of aromatic nitrogens is 1. The van der Waals surface area contributed by atoms with Crippen molar-refractivity contribution in [1.29, 1.82) is 0 Å². The van der Waals surface area contributed by atoms with Gasteiger partial charge in [-0.3, -0.25) is 0 Å². The average Bonchev–Trinajstić information content (AvgIpc) is 3.95. The molecule has 10 aromatic carbocycles. The molecule has 312 valence electrons. The van der Waals surface area contributed by atoms with E-state index >= 15 is 0 Å². The Morgan fingerprint density at radius 1 is 0.333 bits per heavy atom. The van der Waals surface area contributed by atoms with Gasteiger partial charge in [0, 0.05) is 38.9 Å². The Balaban J connectivity index is 1.07. The summed E-state index contributed by atoms with van der Waals surface area (Å²) < 4.78 is 2.44. The molecular weight excluding hydrogens is 797 g/mol. The summed E-state index contributed by atoms with van der Waals surface area (Å²) in [5, 5.41) is 2.42. The molecule has 1 heterocycles. The minimum atomic E-state index is -0.511. The third-order valence-corrected chi connectivity index (χ3v) is 14.7. The van der Waals surface area contributed by atoms with Gasteiger partial charge in [0.05, 0.1) is 16.4 Å². The van der Waals surface area contributed by atoms with Gasteiger partial charge in [0.25, 0.3) is 0 Å². The number of hydrogen-bond donors (Lipinski definition) is 0. The molecule has 0 saturated carbocycles. The lowest BCUT2D eigenvalue weighted by molar-refractivity contribution is 0.660. The summed E-state index contributed by atoms with van der Waals surface area (Å²) in [4.78, 5) is 2.45. The van der Waals surface area contributed by atoms with Crippen LogP contribution in [0, 0.1) is 0 Å². The molecule has 0 aliphatic heterocycles. The molecule has 0 bridgehead atoms. The Hall–Kier alpha value is -8.20. The number of para-hydroxylation sites is 1. The van der Waals surface area contributed by atoms with Gasteiger partial charge >= 0.3 is 0 Å². The normalized spacial score (nSPS) is 13.8. The maximum absolute atomic E-state index is 2.50. The standard InChI is InChI=1S/C64H46N2/c1-63(2)57-27-15-12-26-53(57)54-41-49(35-37-58(54)63)65(48-33-30-44(31-34-48)43-18-6-3-7-19-43)50-36-39-62-56(42-50)55-40-46(32-38-61(55)66(62)47-22-10-5-11-23-47)64(45-20-8-4-9-21-45)59-28-16-13-24-51(59)52-25-14-17-29-60(52)64/h3-42H,1-2H3. The molecular formula is C64H46N2. The second-order valence-corrected chi connectivity index (χ2v) is 18.5. The first-order chi connectivity index (χ1) is 32.5. The third-order valence-electron chi connectivity index (χ3n) is 14.7. The Kier molecular flexibility index (Phi) is 8.51. The summed E-state index contributed by atoms with van der Waals surface area (Å²) in [6.45, 7) is 4.71. The fourth-order valence-electron chi connectivity index (χ4n) is 11.7. The van der Waals surface area contributed by atoms with Gasteiger partial charge in [-0.15, -0.1) is 0 Å². The van der Waals surface area contributed by atoms with Crippen molar-refractivity contribution < 1.29 is 0 Å². The van der Waals surface area contributed by atoms with Gasteiger partial charge in [0.15, 0.2) is 0 Å². The molecule has 0 radical (unpaired) electrons. The van der Waals surface area contributed by atoms with Crippen LogP contribution < -0.4 is 4.90 Å². The van der Waals surface area contributed by atoms with Crippen molar-refractivity contribution in [2.75, 3.05) is 4.90 Å². The zero-order chi connectivity index (χ0) is 44.0. The molecule has 13 rings (SSSR count). The molecule has 0 amide bonds. The van der Waals surface area contributed by atoms with Crippen LogP contribution in [0.15, 0.2) is 243 Å². The van der Waals surface area contributed by atoms with Gasteiger partial charge in [-0.25, -0.2) is 0 Å². The van der Waals surface area contributed by atoms with Crippen LogP contribution in [-0.4, -0.2) is 4.57 Å². The van der Waals surface area contributed by atoms with Crippen molar-refractivity contribution in [1.82, 2.24) is 4.57 Å². The second-order valence-electron chi connectivity index (χ2n) is 18.5. The van der Waals surface area contributed by atoms with Gasteiger partial charge in [-0.2, -0.15) is 0 Å². The van der Waals surface area contributed by atoms with E-state index in [-0.39, 0.29) is 5.41 Å². The zero-order valence-corrected chi connectivity index (χ0v) is 37.0. The predicted molar refractivity (Wildman–Crippen MR) is 276 cm³/mol. The first kappa shape index (κ1) is 38.3. The van der Waals surface area contributed by atoms with Crippen molar-refractivity contribution >= 4 is 38.9 Å². The van der Waals surface area contributed by atoms with E-state index in [0.29, 0.717) is 0 Å². The van der Waals surface area contributed by atoms with Crippen LogP contribution in [0.5, 0.6) is 0 Å². The largest absolute Gasteiger partial charge is 0.310 e. The molecule has 11 aromatic rings. The predicted octanol–water partition coefficient (Wildman–Crippen LogP) is 16.6. The van der Waals surface area contributed by atoms with E-state index in [2.05, 4.69) is 266 Å². The number of rotatable bonds is 7. The summed E-state index contributed by atoms with van der Waals surface area (Å²) >= 11 is 0. The molecule has 2 nitrogen and oxygen atoms in total. The Bertz CT molecular complexity index is 3610. The topological polar surface area (TPSA) is 8.17 Å². The SMILES string of the molecule is CC1(C)c2ccccc2-c2cc(N(c3ccc(-c4ccccc4)cc3)c3ccc4c(c3)c3cc(C5(c6ccccc6)c6ccccc6-c6ccccc65)ccc3n4-c3ccccc3)ccc21. The van der Waals surface area contributed by atoms with Crippen molar-refractivity contribution in [2.45, 2.75) is 24.7 Å².